The first kappa shape index (κ1) is 23.3. The van der Waals surface area contributed by atoms with E-state index in [4.69, 9.17) is 12.2 Å². The predicted octanol–water partition coefficient (Wildman–Crippen LogP) is 4.38. The molecule has 3 aromatic rings. The fraction of sp³-hybridized carbons (Fsp3) is 0.346. The van der Waals surface area contributed by atoms with Crippen molar-refractivity contribution in [2.45, 2.75) is 31.7 Å². The van der Waals surface area contributed by atoms with Crippen molar-refractivity contribution in [3.63, 3.8) is 0 Å². The summed E-state index contributed by atoms with van der Waals surface area (Å²) in [6.07, 6.45) is 5.01. The van der Waals surface area contributed by atoms with Gasteiger partial charge in [0.1, 0.15) is 11.4 Å². The third kappa shape index (κ3) is 5.00. The Balaban J connectivity index is 1.27. The van der Waals surface area contributed by atoms with Crippen molar-refractivity contribution >= 4 is 45.6 Å². The number of aromatic nitrogens is 1. The van der Waals surface area contributed by atoms with Gasteiger partial charge in [-0.1, -0.05) is 18.2 Å². The summed E-state index contributed by atoms with van der Waals surface area (Å²) in [5.41, 5.74) is 1.04. The zero-order valence-corrected chi connectivity index (χ0v) is 20.0. The van der Waals surface area contributed by atoms with Gasteiger partial charge >= 0.3 is 5.97 Å². The lowest BCUT2D eigenvalue weighted by Gasteiger charge is -2.34. The van der Waals surface area contributed by atoms with Crippen LogP contribution in [0.4, 0.5) is 15.8 Å². The minimum absolute atomic E-state index is 0.122. The molecule has 0 bridgehead atoms. The Labute approximate surface area is 207 Å². The largest absolute Gasteiger partial charge is 0.477 e. The van der Waals surface area contributed by atoms with Crippen molar-refractivity contribution in [2.75, 3.05) is 29.9 Å². The number of rotatable bonds is 6. The van der Waals surface area contributed by atoms with E-state index in [1.165, 1.54) is 12.3 Å². The van der Waals surface area contributed by atoms with E-state index >= 15 is 4.39 Å². The summed E-state index contributed by atoms with van der Waals surface area (Å²) in [6.45, 7) is 2.12. The van der Waals surface area contributed by atoms with E-state index in [9.17, 15) is 14.7 Å². The van der Waals surface area contributed by atoms with E-state index in [0.29, 0.717) is 35.3 Å². The molecule has 3 N–H and O–H groups in total. The number of carbonyl (C=O) groups is 1. The van der Waals surface area contributed by atoms with Crippen LogP contribution in [0.15, 0.2) is 53.5 Å². The lowest BCUT2D eigenvalue weighted by atomic mass is 9.96. The molecule has 1 aromatic heterocycles. The van der Waals surface area contributed by atoms with Gasteiger partial charge in [0.25, 0.3) is 0 Å². The van der Waals surface area contributed by atoms with Gasteiger partial charge in [-0.3, -0.25) is 4.79 Å². The number of nitrogens with zero attached hydrogens (tertiary/aromatic N) is 2. The van der Waals surface area contributed by atoms with Crippen LogP contribution in [-0.4, -0.2) is 40.4 Å². The van der Waals surface area contributed by atoms with Crippen LogP contribution < -0.4 is 21.0 Å². The van der Waals surface area contributed by atoms with Crippen molar-refractivity contribution in [1.82, 2.24) is 9.88 Å². The number of fused-ring (bicyclic) bond motifs is 1. The topological polar surface area (TPSA) is 86.6 Å². The number of piperidine rings is 1. The number of para-hydroxylation sites is 1. The number of thiocarbonyl (C=S) groups is 1. The number of halogens is 1. The van der Waals surface area contributed by atoms with Crippen molar-refractivity contribution in [2.24, 2.45) is 5.92 Å². The Morgan fingerprint density at radius 2 is 1.83 bits per heavy atom. The Bertz CT molecular complexity index is 1330. The minimum Gasteiger partial charge on any atom is -0.477 e. The van der Waals surface area contributed by atoms with Gasteiger partial charge in [-0.05, 0) is 68.1 Å². The average Bonchev–Trinajstić information content (AvgIpc) is 3.69. The van der Waals surface area contributed by atoms with Crippen molar-refractivity contribution in [3.8, 4) is 0 Å². The molecule has 7 nitrogen and oxygen atoms in total. The number of benzene rings is 2. The second-order valence-electron chi connectivity index (χ2n) is 9.27. The van der Waals surface area contributed by atoms with Gasteiger partial charge < -0.3 is 25.2 Å². The molecule has 2 fully saturated rings. The third-order valence-electron chi connectivity index (χ3n) is 6.81. The number of nitrogens with one attached hydrogen (secondary N) is 2. The highest BCUT2D eigenvalue weighted by atomic mass is 32.1. The number of pyridine rings is 1. The Kier molecular flexibility index (Phi) is 6.42. The highest BCUT2D eigenvalue weighted by Gasteiger charge is 2.28. The van der Waals surface area contributed by atoms with Crippen LogP contribution in [0.2, 0.25) is 0 Å². The average molecular weight is 495 g/mol. The molecule has 182 valence electrons. The van der Waals surface area contributed by atoms with Gasteiger partial charge in [0, 0.05) is 42.9 Å². The quantitative estimate of drug-likeness (QED) is 0.439. The van der Waals surface area contributed by atoms with Crippen LogP contribution in [0.1, 0.15) is 42.1 Å². The zero-order valence-electron chi connectivity index (χ0n) is 19.2. The summed E-state index contributed by atoms with van der Waals surface area (Å²) in [5, 5.41) is 16.6. The molecule has 0 unspecified atom stereocenters. The van der Waals surface area contributed by atoms with E-state index in [1.54, 1.807) is 6.07 Å². The number of anilines is 2. The number of carboxylic acid groups (broad SMARTS) is 1. The number of hydrogen-bond acceptors (Lipinski definition) is 4. The summed E-state index contributed by atoms with van der Waals surface area (Å²) in [7, 11) is 0. The molecule has 9 heteroatoms. The normalized spacial score (nSPS) is 16.3. The van der Waals surface area contributed by atoms with E-state index < -0.39 is 17.2 Å². The smallest absolute Gasteiger partial charge is 0.341 e. The van der Waals surface area contributed by atoms with Gasteiger partial charge in [0.15, 0.2) is 5.11 Å². The third-order valence-corrected chi connectivity index (χ3v) is 7.06. The van der Waals surface area contributed by atoms with E-state index in [0.717, 1.165) is 37.9 Å². The summed E-state index contributed by atoms with van der Waals surface area (Å²) < 4.78 is 17.0. The van der Waals surface area contributed by atoms with Crippen molar-refractivity contribution in [3.05, 3.63) is 70.3 Å². The summed E-state index contributed by atoms with van der Waals surface area (Å²) in [6, 6.07) is 12.8. The van der Waals surface area contributed by atoms with Crippen LogP contribution in [0.5, 0.6) is 0 Å². The Morgan fingerprint density at radius 1 is 1.11 bits per heavy atom. The molecular weight excluding hydrogens is 467 g/mol. The SMILES string of the molecule is O=C(O)c1cn(C2CC2)c2cc(N3CCC(CNC(=S)Nc4ccccc4)CC3)c(F)cc2c1=O. The van der Waals surface area contributed by atoms with Gasteiger partial charge in [-0.25, -0.2) is 9.18 Å². The van der Waals surface area contributed by atoms with Gasteiger partial charge in [0.05, 0.1) is 11.2 Å². The molecule has 2 heterocycles. The molecule has 0 spiro atoms. The Hall–Kier alpha value is -3.46. The van der Waals surface area contributed by atoms with Crippen LogP contribution in [0, 0.1) is 11.7 Å². The summed E-state index contributed by atoms with van der Waals surface area (Å²) >= 11 is 5.39. The number of carboxylic acids is 1. The molecule has 1 aliphatic heterocycles. The van der Waals surface area contributed by atoms with Crippen molar-refractivity contribution < 1.29 is 14.3 Å². The maximum Gasteiger partial charge on any atom is 0.341 e. The van der Waals surface area contributed by atoms with E-state index in [-0.39, 0.29) is 17.0 Å². The first-order valence-electron chi connectivity index (χ1n) is 11.9. The first-order chi connectivity index (χ1) is 16.9. The van der Waals surface area contributed by atoms with Crippen LogP contribution in [-0.2, 0) is 0 Å². The molecule has 1 saturated carbocycles. The molecule has 0 radical (unpaired) electrons. The predicted molar refractivity (Wildman–Crippen MR) is 139 cm³/mol. The highest BCUT2D eigenvalue weighted by molar-refractivity contribution is 7.80. The van der Waals surface area contributed by atoms with Crippen LogP contribution in [0.25, 0.3) is 10.9 Å². The monoisotopic (exact) mass is 494 g/mol. The van der Waals surface area contributed by atoms with E-state index in [1.807, 2.05) is 39.8 Å². The summed E-state index contributed by atoms with van der Waals surface area (Å²) in [4.78, 5) is 26.3. The molecule has 2 aromatic carbocycles. The van der Waals surface area contributed by atoms with Gasteiger partial charge in [-0.15, -0.1) is 0 Å². The standard InChI is InChI=1S/C26H27FN4O3S/c27-21-12-19-22(31(18-6-7-18)15-20(24(19)32)25(33)34)13-23(21)30-10-8-16(9-11-30)14-28-26(35)29-17-4-2-1-3-5-17/h1-5,12-13,15-16,18H,6-11,14H2,(H,33,34)(H2,28,29,35). The highest BCUT2D eigenvalue weighted by Crippen LogP contribution is 2.38. The van der Waals surface area contributed by atoms with Crippen LogP contribution in [0.3, 0.4) is 0 Å². The summed E-state index contributed by atoms with van der Waals surface area (Å²) in [5.74, 6) is -1.37. The van der Waals surface area contributed by atoms with Crippen LogP contribution >= 0.6 is 12.2 Å². The number of aromatic carboxylic acids is 1. The van der Waals surface area contributed by atoms with Gasteiger partial charge in [-0.2, -0.15) is 0 Å². The lowest BCUT2D eigenvalue weighted by molar-refractivity contribution is 0.0695. The maximum absolute atomic E-state index is 15.1. The molecule has 0 amide bonds. The maximum atomic E-state index is 15.1. The molecule has 2 aliphatic rings. The fourth-order valence-electron chi connectivity index (χ4n) is 4.72. The Morgan fingerprint density at radius 3 is 2.49 bits per heavy atom. The lowest BCUT2D eigenvalue weighted by Crippen LogP contribution is -2.40. The molecule has 0 atom stereocenters. The minimum atomic E-state index is -1.29. The zero-order chi connectivity index (χ0) is 24.5. The van der Waals surface area contributed by atoms with E-state index in [2.05, 4.69) is 10.6 Å². The first-order valence-corrected chi connectivity index (χ1v) is 12.3. The second-order valence-corrected chi connectivity index (χ2v) is 9.68. The second kappa shape index (κ2) is 9.65. The number of hydrogen-bond donors (Lipinski definition) is 3. The fourth-order valence-corrected chi connectivity index (χ4v) is 4.92. The molecule has 35 heavy (non-hydrogen) atoms. The molecule has 5 rings (SSSR count). The van der Waals surface area contributed by atoms with Crippen molar-refractivity contribution in [1.29, 1.82) is 0 Å². The molecular formula is C26H27FN4O3S. The van der Waals surface area contributed by atoms with Gasteiger partial charge in [0.2, 0.25) is 5.43 Å². The molecule has 1 aliphatic carbocycles. The molecule has 1 saturated heterocycles.